The van der Waals surface area contributed by atoms with Gasteiger partial charge >= 0.3 is 0 Å². The average Bonchev–Trinajstić information content (AvgIpc) is 2.55. The van der Waals surface area contributed by atoms with Gasteiger partial charge in [-0.3, -0.25) is 4.79 Å². The maximum atomic E-state index is 12.3. The standard InChI is InChI=1S/C19H17NO2/c21-13-14-5-3-9-17(11-14)20-19(22)12-16-8-4-7-15-6-1-2-10-18(15)16/h1-11,21H,12-13H2,(H,20,22). The van der Waals surface area contributed by atoms with Gasteiger partial charge in [0.1, 0.15) is 0 Å². The van der Waals surface area contributed by atoms with E-state index in [4.69, 9.17) is 5.11 Å². The van der Waals surface area contributed by atoms with Crippen molar-refractivity contribution in [1.29, 1.82) is 0 Å². The van der Waals surface area contributed by atoms with E-state index in [1.165, 1.54) is 0 Å². The van der Waals surface area contributed by atoms with Crippen LogP contribution in [0.25, 0.3) is 10.8 Å². The molecule has 22 heavy (non-hydrogen) atoms. The molecule has 0 aliphatic rings. The molecule has 2 N–H and O–H groups in total. The molecular formula is C19H17NO2. The second-order valence-corrected chi connectivity index (χ2v) is 5.22. The van der Waals surface area contributed by atoms with Gasteiger partial charge in [-0.2, -0.15) is 0 Å². The zero-order valence-electron chi connectivity index (χ0n) is 12.1. The van der Waals surface area contributed by atoms with Crippen LogP contribution in [0.5, 0.6) is 0 Å². The Balaban J connectivity index is 1.78. The van der Waals surface area contributed by atoms with Gasteiger partial charge < -0.3 is 10.4 Å². The van der Waals surface area contributed by atoms with Gasteiger partial charge in [0.25, 0.3) is 0 Å². The van der Waals surface area contributed by atoms with E-state index < -0.39 is 0 Å². The Labute approximate surface area is 129 Å². The van der Waals surface area contributed by atoms with Crippen molar-refractivity contribution in [3.63, 3.8) is 0 Å². The molecule has 0 aromatic heterocycles. The lowest BCUT2D eigenvalue weighted by Gasteiger charge is -2.08. The molecule has 0 saturated heterocycles. The van der Waals surface area contributed by atoms with Gasteiger partial charge in [-0.25, -0.2) is 0 Å². The quantitative estimate of drug-likeness (QED) is 0.772. The lowest BCUT2D eigenvalue weighted by atomic mass is 10.0. The van der Waals surface area contributed by atoms with E-state index in [9.17, 15) is 4.79 Å². The highest BCUT2D eigenvalue weighted by molar-refractivity contribution is 5.96. The molecule has 0 bridgehead atoms. The molecule has 3 rings (SSSR count). The van der Waals surface area contributed by atoms with Crippen LogP contribution >= 0.6 is 0 Å². The predicted octanol–water partition coefficient (Wildman–Crippen LogP) is 3.51. The first kappa shape index (κ1) is 14.3. The van der Waals surface area contributed by atoms with Crippen molar-refractivity contribution in [2.75, 3.05) is 5.32 Å². The minimum absolute atomic E-state index is 0.0347. The Morgan fingerprint density at radius 2 is 1.73 bits per heavy atom. The van der Waals surface area contributed by atoms with E-state index in [-0.39, 0.29) is 12.5 Å². The molecule has 0 spiro atoms. The summed E-state index contributed by atoms with van der Waals surface area (Å²) in [6, 6.07) is 21.3. The highest BCUT2D eigenvalue weighted by atomic mass is 16.3. The van der Waals surface area contributed by atoms with Crippen molar-refractivity contribution in [1.82, 2.24) is 0 Å². The van der Waals surface area contributed by atoms with Gasteiger partial charge in [0, 0.05) is 5.69 Å². The Morgan fingerprint density at radius 3 is 2.59 bits per heavy atom. The van der Waals surface area contributed by atoms with Crippen LogP contribution in [0.2, 0.25) is 0 Å². The minimum atomic E-state index is -0.0635. The van der Waals surface area contributed by atoms with Gasteiger partial charge in [0.15, 0.2) is 0 Å². The van der Waals surface area contributed by atoms with Crippen molar-refractivity contribution >= 4 is 22.4 Å². The van der Waals surface area contributed by atoms with Crippen LogP contribution in [0, 0.1) is 0 Å². The zero-order valence-corrected chi connectivity index (χ0v) is 12.1. The van der Waals surface area contributed by atoms with Crippen LogP contribution in [0.15, 0.2) is 66.7 Å². The summed E-state index contributed by atoms with van der Waals surface area (Å²) in [6.45, 7) is -0.0347. The molecule has 0 aliphatic carbocycles. The first-order valence-electron chi connectivity index (χ1n) is 7.22. The summed E-state index contributed by atoms with van der Waals surface area (Å²) in [5.74, 6) is -0.0635. The number of benzene rings is 3. The van der Waals surface area contributed by atoms with Gasteiger partial charge in [0.2, 0.25) is 5.91 Å². The van der Waals surface area contributed by atoms with E-state index in [0.29, 0.717) is 12.1 Å². The smallest absolute Gasteiger partial charge is 0.228 e. The van der Waals surface area contributed by atoms with E-state index in [1.54, 1.807) is 6.07 Å². The molecule has 0 atom stereocenters. The van der Waals surface area contributed by atoms with Crippen LogP contribution in [0.1, 0.15) is 11.1 Å². The maximum Gasteiger partial charge on any atom is 0.228 e. The number of aliphatic hydroxyl groups is 1. The summed E-state index contributed by atoms with van der Waals surface area (Å²) in [5.41, 5.74) is 2.49. The molecule has 3 heteroatoms. The van der Waals surface area contributed by atoms with Crippen LogP contribution in [-0.2, 0) is 17.8 Å². The van der Waals surface area contributed by atoms with E-state index >= 15 is 0 Å². The van der Waals surface area contributed by atoms with E-state index in [0.717, 1.165) is 21.9 Å². The van der Waals surface area contributed by atoms with Gasteiger partial charge in [-0.1, -0.05) is 54.6 Å². The highest BCUT2D eigenvalue weighted by Gasteiger charge is 2.07. The van der Waals surface area contributed by atoms with Gasteiger partial charge in [-0.15, -0.1) is 0 Å². The lowest BCUT2D eigenvalue weighted by molar-refractivity contribution is -0.115. The van der Waals surface area contributed by atoms with E-state index in [2.05, 4.69) is 5.32 Å². The molecule has 0 heterocycles. The Morgan fingerprint density at radius 1 is 0.955 bits per heavy atom. The topological polar surface area (TPSA) is 49.3 Å². The summed E-state index contributed by atoms with van der Waals surface area (Å²) in [7, 11) is 0. The number of fused-ring (bicyclic) bond motifs is 1. The number of aliphatic hydroxyl groups excluding tert-OH is 1. The molecule has 0 radical (unpaired) electrons. The van der Waals surface area contributed by atoms with Crippen molar-refractivity contribution in [3.8, 4) is 0 Å². The largest absolute Gasteiger partial charge is 0.392 e. The fraction of sp³-hybridized carbons (Fsp3) is 0.105. The molecule has 0 unspecified atom stereocenters. The molecular weight excluding hydrogens is 274 g/mol. The zero-order chi connectivity index (χ0) is 15.4. The summed E-state index contributed by atoms with van der Waals surface area (Å²) in [4.78, 5) is 12.3. The molecule has 3 nitrogen and oxygen atoms in total. The third-order valence-corrected chi connectivity index (χ3v) is 3.62. The second-order valence-electron chi connectivity index (χ2n) is 5.22. The lowest BCUT2D eigenvalue weighted by Crippen LogP contribution is -2.14. The number of anilines is 1. The Kier molecular flexibility index (Phi) is 4.17. The molecule has 3 aromatic rings. The molecule has 0 aliphatic heterocycles. The SMILES string of the molecule is O=C(Cc1cccc2ccccc12)Nc1cccc(CO)c1. The molecule has 110 valence electrons. The summed E-state index contributed by atoms with van der Waals surface area (Å²) in [6.07, 6.45) is 0.324. The summed E-state index contributed by atoms with van der Waals surface area (Å²) in [5, 5.41) is 14.3. The van der Waals surface area contributed by atoms with Crippen LogP contribution < -0.4 is 5.32 Å². The molecule has 1 amide bonds. The van der Waals surface area contributed by atoms with Gasteiger partial charge in [0.05, 0.1) is 13.0 Å². The van der Waals surface area contributed by atoms with Crippen LogP contribution in [0.4, 0.5) is 5.69 Å². The molecule has 0 fully saturated rings. The minimum Gasteiger partial charge on any atom is -0.392 e. The number of carbonyl (C=O) groups is 1. The number of amides is 1. The number of nitrogens with one attached hydrogen (secondary N) is 1. The van der Waals surface area contributed by atoms with E-state index in [1.807, 2.05) is 60.7 Å². The summed E-state index contributed by atoms with van der Waals surface area (Å²) >= 11 is 0. The second kappa shape index (κ2) is 6.41. The number of hydrogen-bond acceptors (Lipinski definition) is 2. The normalized spacial score (nSPS) is 10.6. The monoisotopic (exact) mass is 291 g/mol. The average molecular weight is 291 g/mol. The molecule has 3 aromatic carbocycles. The highest BCUT2D eigenvalue weighted by Crippen LogP contribution is 2.19. The third-order valence-electron chi connectivity index (χ3n) is 3.62. The van der Waals surface area contributed by atoms with Crippen LogP contribution in [0.3, 0.4) is 0 Å². The van der Waals surface area contributed by atoms with Crippen molar-refractivity contribution in [3.05, 3.63) is 77.9 Å². The summed E-state index contributed by atoms with van der Waals surface area (Å²) < 4.78 is 0. The fourth-order valence-electron chi connectivity index (χ4n) is 2.57. The number of carbonyl (C=O) groups excluding carboxylic acids is 1. The van der Waals surface area contributed by atoms with Gasteiger partial charge in [-0.05, 0) is 34.0 Å². The Hall–Kier alpha value is -2.65. The fourth-order valence-corrected chi connectivity index (χ4v) is 2.57. The number of hydrogen-bond donors (Lipinski definition) is 2. The van der Waals surface area contributed by atoms with Crippen molar-refractivity contribution in [2.45, 2.75) is 13.0 Å². The third kappa shape index (κ3) is 3.15. The predicted molar refractivity (Wildman–Crippen MR) is 88.6 cm³/mol. The van der Waals surface area contributed by atoms with Crippen LogP contribution in [-0.4, -0.2) is 11.0 Å². The van der Waals surface area contributed by atoms with Crippen molar-refractivity contribution < 1.29 is 9.90 Å². The molecule has 0 saturated carbocycles. The first-order chi connectivity index (χ1) is 10.8. The number of rotatable bonds is 4. The Bertz CT molecular complexity index is 806. The first-order valence-corrected chi connectivity index (χ1v) is 7.22. The van der Waals surface area contributed by atoms with Crippen molar-refractivity contribution in [2.24, 2.45) is 0 Å². The maximum absolute atomic E-state index is 12.3.